The van der Waals surface area contributed by atoms with Gasteiger partial charge in [0.2, 0.25) is 5.88 Å². The first-order valence-electron chi connectivity index (χ1n) is 5.50. The van der Waals surface area contributed by atoms with Crippen molar-refractivity contribution in [3.05, 3.63) is 34.5 Å². The van der Waals surface area contributed by atoms with Crippen LogP contribution in [0.3, 0.4) is 0 Å². The van der Waals surface area contributed by atoms with Crippen molar-refractivity contribution in [2.45, 2.75) is 20.0 Å². The Morgan fingerprint density at radius 3 is 2.72 bits per heavy atom. The molecule has 0 saturated heterocycles. The van der Waals surface area contributed by atoms with Crippen molar-refractivity contribution in [2.24, 2.45) is 0 Å². The van der Waals surface area contributed by atoms with E-state index in [0.717, 1.165) is 0 Å². The molecule has 0 aliphatic carbocycles. The molecule has 0 atom stereocenters. The lowest BCUT2D eigenvalue weighted by molar-refractivity contribution is 0.103. The van der Waals surface area contributed by atoms with E-state index in [1.54, 1.807) is 18.2 Å². The molecule has 18 heavy (non-hydrogen) atoms. The summed E-state index contributed by atoms with van der Waals surface area (Å²) in [6, 6.07) is 6.92. The van der Waals surface area contributed by atoms with Crippen LogP contribution < -0.4 is 10.1 Å². The number of aromatic nitrogens is 2. The summed E-state index contributed by atoms with van der Waals surface area (Å²) < 4.78 is 5.36. The predicted octanol–water partition coefficient (Wildman–Crippen LogP) is 2.58. The summed E-state index contributed by atoms with van der Waals surface area (Å²) in [5.41, 5.74) is 0. The topological polar surface area (TPSA) is 64.1 Å². The maximum Gasteiger partial charge on any atom is 0.266 e. The molecule has 0 saturated carbocycles. The molecule has 0 aromatic carbocycles. The number of anilines is 1. The van der Waals surface area contributed by atoms with E-state index < -0.39 is 0 Å². The Morgan fingerprint density at radius 2 is 2.17 bits per heavy atom. The lowest BCUT2D eigenvalue weighted by Gasteiger charge is -2.08. The fourth-order valence-electron chi connectivity index (χ4n) is 1.28. The minimum atomic E-state index is -0.183. The molecule has 0 fully saturated rings. The standard InChI is InChI=1S/C12H13N3O2S/c1-8(2)17-11-6-5-10(14-15-11)13-12(16)9-4-3-7-18-9/h3-8H,1-2H3,(H,13,14,16). The molecule has 0 aliphatic heterocycles. The Kier molecular flexibility index (Phi) is 3.88. The minimum Gasteiger partial charge on any atom is -0.474 e. The summed E-state index contributed by atoms with van der Waals surface area (Å²) in [4.78, 5) is 12.4. The molecule has 2 aromatic rings. The maximum absolute atomic E-state index is 11.7. The second-order valence-corrected chi connectivity index (χ2v) is 4.80. The zero-order valence-corrected chi connectivity index (χ0v) is 10.9. The third-order valence-electron chi connectivity index (χ3n) is 1.98. The fraction of sp³-hybridized carbons (Fsp3) is 0.250. The molecule has 0 aliphatic rings. The number of rotatable bonds is 4. The number of ether oxygens (including phenoxy) is 1. The molecule has 2 heterocycles. The Labute approximate surface area is 109 Å². The molecule has 2 aromatic heterocycles. The Balaban J connectivity index is 2.00. The van der Waals surface area contributed by atoms with Crippen LogP contribution in [0.25, 0.3) is 0 Å². The van der Waals surface area contributed by atoms with E-state index in [2.05, 4.69) is 15.5 Å². The van der Waals surface area contributed by atoms with Crippen molar-refractivity contribution in [3.8, 4) is 5.88 Å². The highest BCUT2D eigenvalue weighted by Crippen LogP contribution is 2.13. The van der Waals surface area contributed by atoms with Crippen molar-refractivity contribution in [2.75, 3.05) is 5.32 Å². The number of hydrogen-bond acceptors (Lipinski definition) is 5. The van der Waals surface area contributed by atoms with Gasteiger partial charge in [-0.2, -0.15) is 0 Å². The van der Waals surface area contributed by atoms with E-state index in [4.69, 9.17) is 4.74 Å². The van der Waals surface area contributed by atoms with Gasteiger partial charge in [-0.05, 0) is 31.4 Å². The van der Waals surface area contributed by atoms with E-state index in [9.17, 15) is 4.79 Å². The van der Waals surface area contributed by atoms with Crippen LogP contribution in [0, 0.1) is 0 Å². The van der Waals surface area contributed by atoms with Crippen molar-refractivity contribution >= 4 is 23.1 Å². The van der Waals surface area contributed by atoms with Crippen LogP contribution in [0.5, 0.6) is 5.88 Å². The second-order valence-electron chi connectivity index (χ2n) is 3.85. The first-order chi connectivity index (χ1) is 8.65. The number of carbonyl (C=O) groups is 1. The zero-order valence-electron chi connectivity index (χ0n) is 10.1. The summed E-state index contributed by atoms with van der Waals surface area (Å²) in [6.07, 6.45) is 0.0471. The summed E-state index contributed by atoms with van der Waals surface area (Å²) in [5.74, 6) is 0.667. The Bertz CT molecular complexity index is 509. The van der Waals surface area contributed by atoms with Gasteiger partial charge < -0.3 is 10.1 Å². The van der Waals surface area contributed by atoms with Gasteiger partial charge >= 0.3 is 0 Å². The molecule has 1 amide bonds. The van der Waals surface area contributed by atoms with E-state index in [1.807, 2.05) is 25.3 Å². The number of nitrogens with zero attached hydrogens (tertiary/aromatic N) is 2. The molecule has 6 heteroatoms. The normalized spacial score (nSPS) is 10.4. The molecule has 0 radical (unpaired) electrons. The molecule has 0 unspecified atom stereocenters. The molecular weight excluding hydrogens is 250 g/mol. The fourth-order valence-corrected chi connectivity index (χ4v) is 1.90. The molecule has 94 valence electrons. The van der Waals surface area contributed by atoms with Crippen LogP contribution in [0.1, 0.15) is 23.5 Å². The number of carbonyl (C=O) groups excluding carboxylic acids is 1. The highest BCUT2D eigenvalue weighted by Gasteiger charge is 2.08. The summed E-state index contributed by atoms with van der Waals surface area (Å²) >= 11 is 1.38. The smallest absolute Gasteiger partial charge is 0.266 e. The lowest BCUT2D eigenvalue weighted by Crippen LogP contribution is -2.12. The van der Waals surface area contributed by atoms with Gasteiger partial charge in [0.25, 0.3) is 5.91 Å². The van der Waals surface area contributed by atoms with E-state index >= 15 is 0 Å². The van der Waals surface area contributed by atoms with Crippen LogP contribution in [0.4, 0.5) is 5.82 Å². The second kappa shape index (κ2) is 5.59. The molecular formula is C12H13N3O2S. The van der Waals surface area contributed by atoms with Crippen LogP contribution in [-0.2, 0) is 0 Å². The monoisotopic (exact) mass is 263 g/mol. The van der Waals surface area contributed by atoms with Crippen LogP contribution >= 0.6 is 11.3 Å². The average Bonchev–Trinajstić information content (AvgIpc) is 2.84. The Hall–Kier alpha value is -1.95. The van der Waals surface area contributed by atoms with Gasteiger partial charge in [-0.25, -0.2) is 0 Å². The van der Waals surface area contributed by atoms with Gasteiger partial charge in [-0.15, -0.1) is 21.5 Å². The van der Waals surface area contributed by atoms with Crippen LogP contribution in [0.2, 0.25) is 0 Å². The van der Waals surface area contributed by atoms with Crippen LogP contribution in [0.15, 0.2) is 29.6 Å². The van der Waals surface area contributed by atoms with Crippen LogP contribution in [-0.4, -0.2) is 22.2 Å². The first kappa shape index (κ1) is 12.5. The van der Waals surface area contributed by atoms with E-state index in [0.29, 0.717) is 16.6 Å². The maximum atomic E-state index is 11.7. The average molecular weight is 263 g/mol. The first-order valence-corrected chi connectivity index (χ1v) is 6.38. The number of nitrogens with one attached hydrogen (secondary N) is 1. The lowest BCUT2D eigenvalue weighted by atomic mass is 10.4. The number of amides is 1. The molecule has 0 spiro atoms. The third kappa shape index (κ3) is 3.27. The van der Waals surface area contributed by atoms with Crippen molar-refractivity contribution < 1.29 is 9.53 Å². The minimum absolute atomic E-state index is 0.0471. The van der Waals surface area contributed by atoms with E-state index in [1.165, 1.54) is 11.3 Å². The summed E-state index contributed by atoms with van der Waals surface area (Å²) in [6.45, 7) is 3.82. The van der Waals surface area contributed by atoms with E-state index in [-0.39, 0.29) is 12.0 Å². The third-order valence-corrected chi connectivity index (χ3v) is 2.85. The van der Waals surface area contributed by atoms with Gasteiger partial charge in [0.15, 0.2) is 5.82 Å². The van der Waals surface area contributed by atoms with Gasteiger partial charge in [0.05, 0.1) is 11.0 Å². The quantitative estimate of drug-likeness (QED) is 0.920. The highest BCUT2D eigenvalue weighted by atomic mass is 32.1. The zero-order chi connectivity index (χ0) is 13.0. The Morgan fingerprint density at radius 1 is 1.33 bits per heavy atom. The number of thiophene rings is 1. The van der Waals surface area contributed by atoms with Crippen molar-refractivity contribution in [3.63, 3.8) is 0 Å². The molecule has 5 nitrogen and oxygen atoms in total. The van der Waals surface area contributed by atoms with Crippen molar-refractivity contribution in [1.82, 2.24) is 10.2 Å². The van der Waals surface area contributed by atoms with Crippen molar-refractivity contribution in [1.29, 1.82) is 0 Å². The van der Waals surface area contributed by atoms with Gasteiger partial charge in [0, 0.05) is 6.07 Å². The predicted molar refractivity (Wildman–Crippen MR) is 70.1 cm³/mol. The SMILES string of the molecule is CC(C)Oc1ccc(NC(=O)c2cccs2)nn1. The molecule has 2 rings (SSSR count). The van der Waals surface area contributed by atoms with Gasteiger partial charge in [-0.3, -0.25) is 4.79 Å². The summed E-state index contributed by atoms with van der Waals surface area (Å²) in [7, 11) is 0. The largest absolute Gasteiger partial charge is 0.474 e. The highest BCUT2D eigenvalue weighted by molar-refractivity contribution is 7.12. The van der Waals surface area contributed by atoms with Gasteiger partial charge in [-0.1, -0.05) is 6.07 Å². The summed E-state index contributed by atoms with van der Waals surface area (Å²) in [5, 5.41) is 12.3. The molecule has 1 N–H and O–H groups in total. The van der Waals surface area contributed by atoms with Gasteiger partial charge in [0.1, 0.15) is 0 Å². The molecule has 0 bridgehead atoms. The number of hydrogen-bond donors (Lipinski definition) is 1.